The molecule has 2 unspecified atom stereocenters. The average molecular weight is 263 g/mol. The van der Waals surface area contributed by atoms with Gasteiger partial charge in [0.15, 0.2) is 0 Å². The Labute approximate surface area is 109 Å². The lowest BCUT2D eigenvalue weighted by atomic mass is 9.99. The zero-order valence-electron chi connectivity index (χ0n) is 10.4. The van der Waals surface area contributed by atoms with E-state index in [-0.39, 0.29) is 36.5 Å². The molecule has 2 rings (SSSR count). The van der Waals surface area contributed by atoms with Crippen LogP contribution >= 0.6 is 12.4 Å². The van der Waals surface area contributed by atoms with Gasteiger partial charge in [-0.25, -0.2) is 0 Å². The van der Waals surface area contributed by atoms with Gasteiger partial charge in [-0.05, 0) is 32.1 Å². The minimum Gasteiger partial charge on any atom is -0.376 e. The van der Waals surface area contributed by atoms with Crippen molar-refractivity contribution < 1.29 is 9.53 Å². The quantitative estimate of drug-likeness (QED) is 0.804. The molecule has 1 aliphatic carbocycles. The van der Waals surface area contributed by atoms with Crippen LogP contribution in [0.1, 0.15) is 39.0 Å². The Bertz CT molecular complexity index is 239. The summed E-state index contributed by atoms with van der Waals surface area (Å²) in [6.07, 6.45) is 5.02. The highest BCUT2D eigenvalue weighted by Crippen LogP contribution is 2.26. The largest absolute Gasteiger partial charge is 0.376 e. The van der Waals surface area contributed by atoms with Gasteiger partial charge in [0.2, 0.25) is 5.91 Å². The van der Waals surface area contributed by atoms with E-state index in [0.29, 0.717) is 12.3 Å². The summed E-state index contributed by atoms with van der Waals surface area (Å²) in [5.41, 5.74) is 5.96. The minimum atomic E-state index is 0. The molecule has 1 saturated heterocycles. The molecule has 1 heterocycles. The molecule has 3 N–H and O–H groups in total. The third kappa shape index (κ3) is 3.83. The van der Waals surface area contributed by atoms with E-state index in [1.165, 1.54) is 6.42 Å². The highest BCUT2D eigenvalue weighted by atomic mass is 35.5. The molecule has 0 aromatic carbocycles. The maximum atomic E-state index is 11.8. The monoisotopic (exact) mass is 262 g/mol. The Hall–Kier alpha value is -0.320. The highest BCUT2D eigenvalue weighted by molar-refractivity contribution is 5.85. The van der Waals surface area contributed by atoms with E-state index in [2.05, 4.69) is 5.32 Å². The van der Waals surface area contributed by atoms with Gasteiger partial charge in [0.25, 0.3) is 0 Å². The maximum Gasteiger partial charge on any atom is 0.220 e. The lowest BCUT2D eigenvalue weighted by molar-refractivity contribution is -0.123. The molecule has 0 radical (unpaired) electrons. The topological polar surface area (TPSA) is 64.3 Å². The molecule has 0 spiro atoms. The number of nitrogens with one attached hydrogen (secondary N) is 1. The molecule has 0 aromatic rings. The summed E-state index contributed by atoms with van der Waals surface area (Å²) in [4.78, 5) is 11.8. The van der Waals surface area contributed by atoms with Crippen LogP contribution in [0.25, 0.3) is 0 Å². The van der Waals surface area contributed by atoms with E-state index in [0.717, 1.165) is 25.9 Å². The zero-order valence-corrected chi connectivity index (χ0v) is 11.2. The second kappa shape index (κ2) is 6.57. The van der Waals surface area contributed by atoms with Crippen LogP contribution < -0.4 is 11.1 Å². The van der Waals surface area contributed by atoms with Gasteiger partial charge in [0.1, 0.15) is 0 Å². The van der Waals surface area contributed by atoms with Gasteiger partial charge in [-0.1, -0.05) is 6.42 Å². The minimum absolute atomic E-state index is 0. The van der Waals surface area contributed by atoms with Crippen LogP contribution in [-0.4, -0.2) is 30.7 Å². The van der Waals surface area contributed by atoms with Crippen molar-refractivity contribution in [1.82, 2.24) is 5.32 Å². The number of amides is 1. The number of hydrogen-bond acceptors (Lipinski definition) is 3. The summed E-state index contributed by atoms with van der Waals surface area (Å²) in [6, 6.07) is 0.424. The van der Waals surface area contributed by atoms with Gasteiger partial charge < -0.3 is 15.8 Å². The van der Waals surface area contributed by atoms with Gasteiger partial charge in [-0.2, -0.15) is 0 Å². The lowest BCUT2D eigenvalue weighted by Crippen LogP contribution is -2.41. The first-order valence-corrected chi connectivity index (χ1v) is 6.33. The van der Waals surface area contributed by atoms with E-state index < -0.39 is 0 Å². The van der Waals surface area contributed by atoms with E-state index >= 15 is 0 Å². The van der Waals surface area contributed by atoms with Crippen molar-refractivity contribution in [1.29, 1.82) is 0 Å². The number of rotatable bonds is 3. The number of carbonyl (C=O) groups is 1. The van der Waals surface area contributed by atoms with Gasteiger partial charge in [0.05, 0.1) is 12.1 Å². The third-order valence-corrected chi connectivity index (χ3v) is 3.89. The Morgan fingerprint density at radius 2 is 2.18 bits per heavy atom. The maximum absolute atomic E-state index is 11.8. The van der Waals surface area contributed by atoms with Crippen LogP contribution in [-0.2, 0) is 9.53 Å². The molecule has 4 nitrogen and oxygen atoms in total. The fourth-order valence-electron chi connectivity index (χ4n) is 2.74. The van der Waals surface area contributed by atoms with Crippen molar-refractivity contribution in [2.75, 3.05) is 6.61 Å². The van der Waals surface area contributed by atoms with Gasteiger partial charge in [-0.15, -0.1) is 12.4 Å². The van der Waals surface area contributed by atoms with E-state index in [4.69, 9.17) is 10.5 Å². The Morgan fingerprint density at radius 3 is 2.71 bits per heavy atom. The smallest absolute Gasteiger partial charge is 0.220 e. The molecule has 1 saturated carbocycles. The molecular weight excluding hydrogens is 240 g/mol. The van der Waals surface area contributed by atoms with Crippen molar-refractivity contribution in [3.05, 3.63) is 0 Å². The van der Waals surface area contributed by atoms with Crippen molar-refractivity contribution in [2.45, 2.75) is 57.2 Å². The van der Waals surface area contributed by atoms with Crippen molar-refractivity contribution >= 4 is 18.3 Å². The van der Waals surface area contributed by atoms with Gasteiger partial charge in [0, 0.05) is 19.1 Å². The predicted molar refractivity (Wildman–Crippen MR) is 69.1 cm³/mol. The molecule has 2 fully saturated rings. The van der Waals surface area contributed by atoms with Crippen LogP contribution in [0.3, 0.4) is 0 Å². The van der Waals surface area contributed by atoms with Crippen LogP contribution in [0.5, 0.6) is 0 Å². The molecular formula is C12H23ClN2O2. The second-order valence-electron chi connectivity index (χ2n) is 5.10. The Morgan fingerprint density at radius 1 is 1.41 bits per heavy atom. The first-order chi connectivity index (χ1) is 7.66. The summed E-state index contributed by atoms with van der Waals surface area (Å²) >= 11 is 0. The summed E-state index contributed by atoms with van der Waals surface area (Å²) < 4.78 is 5.42. The van der Waals surface area contributed by atoms with E-state index in [1.54, 1.807) is 0 Å². The second-order valence-corrected chi connectivity index (χ2v) is 5.10. The van der Waals surface area contributed by atoms with Gasteiger partial charge in [-0.3, -0.25) is 4.79 Å². The molecule has 1 amide bonds. The normalized spacial score (nSPS) is 36.6. The van der Waals surface area contributed by atoms with Crippen LogP contribution in [0.4, 0.5) is 0 Å². The number of hydrogen-bond donors (Lipinski definition) is 2. The highest BCUT2D eigenvalue weighted by Gasteiger charge is 2.29. The summed E-state index contributed by atoms with van der Waals surface area (Å²) in [5, 5.41) is 3.06. The SMILES string of the molecule is CC1OCCC1NC(=O)C[C@@H]1CCC[C@H]1N.Cl. The fourth-order valence-corrected chi connectivity index (χ4v) is 2.74. The van der Waals surface area contributed by atoms with Crippen molar-refractivity contribution in [3.63, 3.8) is 0 Å². The zero-order chi connectivity index (χ0) is 11.5. The Kier molecular flexibility index (Phi) is 5.70. The number of ether oxygens (including phenoxy) is 1. The molecule has 17 heavy (non-hydrogen) atoms. The summed E-state index contributed by atoms with van der Waals surface area (Å²) in [6.45, 7) is 2.77. The standard InChI is InChI=1S/C12H22N2O2.ClH/c1-8-11(5-6-16-8)14-12(15)7-9-3-2-4-10(9)13;/h8-11H,2-7,13H2,1H3,(H,14,15);1H/t8?,9-,10+,11?;/m0./s1. The number of halogens is 1. The summed E-state index contributed by atoms with van der Waals surface area (Å²) in [7, 11) is 0. The first-order valence-electron chi connectivity index (χ1n) is 6.33. The molecule has 1 aliphatic heterocycles. The first kappa shape index (κ1) is 14.7. The summed E-state index contributed by atoms with van der Waals surface area (Å²) in [5.74, 6) is 0.530. The molecule has 100 valence electrons. The van der Waals surface area contributed by atoms with Crippen LogP contribution in [0.15, 0.2) is 0 Å². The van der Waals surface area contributed by atoms with Crippen LogP contribution in [0, 0.1) is 5.92 Å². The lowest BCUT2D eigenvalue weighted by Gasteiger charge is -2.19. The average Bonchev–Trinajstić information content (AvgIpc) is 2.79. The molecule has 0 bridgehead atoms. The van der Waals surface area contributed by atoms with Gasteiger partial charge >= 0.3 is 0 Å². The third-order valence-electron chi connectivity index (χ3n) is 3.89. The van der Waals surface area contributed by atoms with E-state index in [9.17, 15) is 4.79 Å². The Balaban J connectivity index is 0.00000144. The molecule has 4 atom stereocenters. The van der Waals surface area contributed by atoms with E-state index in [1.807, 2.05) is 6.92 Å². The number of nitrogens with two attached hydrogens (primary N) is 1. The predicted octanol–water partition coefficient (Wildman–Crippen LogP) is 1.22. The molecule has 2 aliphatic rings. The van der Waals surface area contributed by atoms with Crippen molar-refractivity contribution in [2.24, 2.45) is 11.7 Å². The molecule has 0 aromatic heterocycles. The molecule has 5 heteroatoms. The van der Waals surface area contributed by atoms with Crippen LogP contribution in [0.2, 0.25) is 0 Å². The number of carbonyl (C=O) groups excluding carboxylic acids is 1. The van der Waals surface area contributed by atoms with Crippen molar-refractivity contribution in [3.8, 4) is 0 Å². The fraction of sp³-hybridized carbons (Fsp3) is 0.917.